The summed E-state index contributed by atoms with van der Waals surface area (Å²) >= 11 is 0. The lowest BCUT2D eigenvalue weighted by Crippen LogP contribution is -2.07. The molecule has 1 heterocycles. The van der Waals surface area contributed by atoms with E-state index in [9.17, 15) is 0 Å². The molecule has 3 heteroatoms. The molecule has 3 aromatic rings. The average molecular weight is 267 g/mol. The molecule has 0 aliphatic rings. The van der Waals surface area contributed by atoms with E-state index in [-0.39, 0.29) is 6.10 Å². The predicted molar refractivity (Wildman–Crippen MR) is 81.6 cm³/mol. The Balaban J connectivity index is 2.43. The third-order valence-corrected chi connectivity index (χ3v) is 3.20. The minimum Gasteiger partial charge on any atom is -0.494 e. The Labute approximate surface area is 118 Å². The summed E-state index contributed by atoms with van der Waals surface area (Å²) in [7, 11) is 1.66. The third-order valence-electron chi connectivity index (χ3n) is 3.20. The first-order valence-corrected chi connectivity index (χ1v) is 6.73. The van der Waals surface area contributed by atoms with Crippen LogP contribution in [0, 0.1) is 0 Å². The summed E-state index contributed by atoms with van der Waals surface area (Å²) in [5, 5.41) is 2.01. The number of nitrogens with zero attached hydrogens (tertiary/aromatic N) is 1. The number of hydrogen-bond donors (Lipinski definition) is 0. The molecule has 0 unspecified atom stereocenters. The largest absolute Gasteiger partial charge is 0.494 e. The molecule has 2 aromatic carbocycles. The van der Waals surface area contributed by atoms with E-state index in [1.807, 2.05) is 56.3 Å². The molecule has 20 heavy (non-hydrogen) atoms. The Hall–Kier alpha value is -2.29. The Morgan fingerprint density at radius 3 is 2.45 bits per heavy atom. The molecule has 0 aliphatic carbocycles. The van der Waals surface area contributed by atoms with Gasteiger partial charge in [0, 0.05) is 10.8 Å². The zero-order valence-electron chi connectivity index (χ0n) is 11.9. The topological polar surface area (TPSA) is 31.4 Å². The van der Waals surface area contributed by atoms with Gasteiger partial charge in [0.1, 0.15) is 17.0 Å². The Morgan fingerprint density at radius 2 is 1.70 bits per heavy atom. The molecule has 0 bridgehead atoms. The second-order valence-corrected chi connectivity index (χ2v) is 4.98. The molecule has 0 aliphatic heterocycles. The third kappa shape index (κ3) is 2.05. The Kier molecular flexibility index (Phi) is 3.18. The van der Waals surface area contributed by atoms with Crippen molar-refractivity contribution in [3.8, 4) is 11.5 Å². The molecule has 3 rings (SSSR count). The lowest BCUT2D eigenvalue weighted by atomic mass is 10.1. The number of aromatic nitrogens is 1. The maximum Gasteiger partial charge on any atom is 0.145 e. The van der Waals surface area contributed by atoms with Crippen LogP contribution in [0.3, 0.4) is 0 Å². The van der Waals surface area contributed by atoms with E-state index in [1.165, 1.54) is 0 Å². The summed E-state index contributed by atoms with van der Waals surface area (Å²) in [6.07, 6.45) is 0.107. The van der Waals surface area contributed by atoms with Crippen molar-refractivity contribution < 1.29 is 9.47 Å². The van der Waals surface area contributed by atoms with E-state index in [1.54, 1.807) is 7.11 Å². The van der Waals surface area contributed by atoms with E-state index in [0.29, 0.717) is 0 Å². The van der Waals surface area contributed by atoms with Gasteiger partial charge in [-0.15, -0.1) is 0 Å². The van der Waals surface area contributed by atoms with Gasteiger partial charge < -0.3 is 9.47 Å². The van der Waals surface area contributed by atoms with E-state index in [0.717, 1.165) is 33.3 Å². The van der Waals surface area contributed by atoms with Crippen molar-refractivity contribution in [2.75, 3.05) is 7.11 Å². The number of pyridine rings is 1. The molecule has 0 saturated heterocycles. The zero-order chi connectivity index (χ0) is 14.1. The van der Waals surface area contributed by atoms with Gasteiger partial charge in [-0.2, -0.15) is 0 Å². The van der Waals surface area contributed by atoms with Crippen LogP contribution >= 0.6 is 0 Å². The van der Waals surface area contributed by atoms with Crippen molar-refractivity contribution in [2.45, 2.75) is 20.0 Å². The fourth-order valence-corrected chi connectivity index (χ4v) is 2.38. The van der Waals surface area contributed by atoms with E-state index < -0.39 is 0 Å². The number of hydrogen-bond acceptors (Lipinski definition) is 3. The molecule has 0 saturated carbocycles. The molecular weight excluding hydrogens is 250 g/mol. The highest BCUT2D eigenvalue weighted by Gasteiger charge is 2.13. The van der Waals surface area contributed by atoms with Crippen LogP contribution in [0.4, 0.5) is 0 Å². The van der Waals surface area contributed by atoms with Crippen molar-refractivity contribution >= 4 is 21.8 Å². The van der Waals surface area contributed by atoms with Gasteiger partial charge in [0.15, 0.2) is 0 Å². The molecular formula is C17H17NO2. The highest BCUT2D eigenvalue weighted by atomic mass is 16.5. The van der Waals surface area contributed by atoms with Gasteiger partial charge in [-0.3, -0.25) is 0 Å². The monoisotopic (exact) mass is 267 g/mol. The van der Waals surface area contributed by atoms with Gasteiger partial charge in [-0.1, -0.05) is 18.2 Å². The van der Waals surface area contributed by atoms with Gasteiger partial charge in [-0.25, -0.2) is 4.98 Å². The summed E-state index contributed by atoms with van der Waals surface area (Å²) in [5.41, 5.74) is 1.75. The first-order chi connectivity index (χ1) is 9.70. The Bertz CT molecular complexity index is 765. The second kappa shape index (κ2) is 5.00. The maximum absolute atomic E-state index is 6.04. The molecule has 3 nitrogen and oxygen atoms in total. The van der Waals surface area contributed by atoms with Crippen LogP contribution in [0.5, 0.6) is 11.5 Å². The van der Waals surface area contributed by atoms with Crippen LogP contribution in [0.15, 0.2) is 42.5 Å². The predicted octanol–water partition coefficient (Wildman–Crippen LogP) is 4.18. The molecule has 0 spiro atoms. The fourth-order valence-electron chi connectivity index (χ4n) is 2.38. The summed E-state index contributed by atoms with van der Waals surface area (Å²) in [6.45, 7) is 4.06. The van der Waals surface area contributed by atoms with Crippen LogP contribution in [0.25, 0.3) is 21.8 Å². The van der Waals surface area contributed by atoms with E-state index in [4.69, 9.17) is 14.5 Å². The lowest BCUT2D eigenvalue weighted by molar-refractivity contribution is 0.248. The van der Waals surface area contributed by atoms with Crippen molar-refractivity contribution in [2.24, 2.45) is 0 Å². The van der Waals surface area contributed by atoms with Crippen LogP contribution in [-0.2, 0) is 0 Å². The van der Waals surface area contributed by atoms with E-state index >= 15 is 0 Å². The number of methoxy groups -OCH3 is 1. The summed E-state index contributed by atoms with van der Waals surface area (Å²) in [6, 6.07) is 13.9. The van der Waals surface area contributed by atoms with Gasteiger partial charge in [0.2, 0.25) is 0 Å². The molecule has 0 amide bonds. The normalized spacial score (nSPS) is 11.2. The SMILES string of the molecule is COc1cccc2c(OC(C)C)c3ccccc3nc12. The summed E-state index contributed by atoms with van der Waals surface area (Å²) in [4.78, 5) is 4.71. The highest BCUT2D eigenvalue weighted by molar-refractivity contribution is 6.02. The average Bonchev–Trinajstić information content (AvgIpc) is 2.46. The first-order valence-electron chi connectivity index (χ1n) is 6.73. The fraction of sp³-hybridized carbons (Fsp3) is 0.235. The summed E-state index contributed by atoms with van der Waals surface area (Å²) < 4.78 is 11.5. The number of fused-ring (bicyclic) bond motifs is 2. The lowest BCUT2D eigenvalue weighted by Gasteiger charge is -2.16. The van der Waals surface area contributed by atoms with Gasteiger partial charge >= 0.3 is 0 Å². The van der Waals surface area contributed by atoms with Crippen molar-refractivity contribution in [1.82, 2.24) is 4.98 Å². The van der Waals surface area contributed by atoms with Crippen LogP contribution < -0.4 is 9.47 Å². The van der Waals surface area contributed by atoms with Gasteiger partial charge in [0.25, 0.3) is 0 Å². The van der Waals surface area contributed by atoms with Crippen LogP contribution in [0.2, 0.25) is 0 Å². The minimum atomic E-state index is 0.107. The van der Waals surface area contributed by atoms with Gasteiger partial charge in [0.05, 0.1) is 18.7 Å². The second-order valence-electron chi connectivity index (χ2n) is 4.98. The summed E-state index contributed by atoms with van der Waals surface area (Å²) in [5.74, 6) is 1.64. The number of benzene rings is 2. The molecule has 0 fully saturated rings. The van der Waals surface area contributed by atoms with E-state index in [2.05, 4.69) is 0 Å². The molecule has 0 atom stereocenters. The van der Waals surface area contributed by atoms with Crippen molar-refractivity contribution in [1.29, 1.82) is 0 Å². The van der Waals surface area contributed by atoms with Crippen LogP contribution in [0.1, 0.15) is 13.8 Å². The van der Waals surface area contributed by atoms with Crippen molar-refractivity contribution in [3.05, 3.63) is 42.5 Å². The highest BCUT2D eigenvalue weighted by Crippen LogP contribution is 2.36. The zero-order valence-corrected chi connectivity index (χ0v) is 11.9. The number of para-hydroxylation sites is 2. The van der Waals surface area contributed by atoms with Crippen molar-refractivity contribution in [3.63, 3.8) is 0 Å². The standard InChI is InChI=1S/C17H17NO2/c1-11(2)20-17-12-7-4-5-9-14(12)18-16-13(17)8-6-10-15(16)19-3/h4-11H,1-3H3. The number of ether oxygens (including phenoxy) is 2. The maximum atomic E-state index is 6.04. The molecule has 1 aromatic heterocycles. The molecule has 0 N–H and O–H groups in total. The van der Waals surface area contributed by atoms with Gasteiger partial charge in [-0.05, 0) is 38.1 Å². The van der Waals surface area contributed by atoms with Crippen LogP contribution in [-0.4, -0.2) is 18.2 Å². The minimum absolute atomic E-state index is 0.107. The quantitative estimate of drug-likeness (QED) is 0.667. The number of rotatable bonds is 3. The molecule has 102 valence electrons. The first kappa shape index (κ1) is 12.7. The smallest absolute Gasteiger partial charge is 0.145 e. The molecule has 0 radical (unpaired) electrons. The Morgan fingerprint density at radius 1 is 0.950 bits per heavy atom.